The van der Waals surface area contributed by atoms with E-state index in [0.29, 0.717) is 6.54 Å². The SMILES string of the molecule is O=C(O)N1C[C@H]2C[C@@H]1[C@H](c1ccc(Br)cc1)O2. The number of fused-ring (bicyclic) bond motifs is 2. The fraction of sp³-hybridized carbons (Fsp3) is 0.417. The molecule has 2 heterocycles. The van der Waals surface area contributed by atoms with E-state index in [4.69, 9.17) is 9.84 Å². The van der Waals surface area contributed by atoms with Gasteiger partial charge in [-0.15, -0.1) is 0 Å². The first kappa shape index (κ1) is 11.0. The standard InChI is InChI=1S/C12H12BrNO3/c13-8-3-1-7(2-4-8)11-10-5-9(17-11)6-14(10)12(15)16/h1-4,9-11H,5-6H2,(H,15,16)/t9-,10-,11+/m1/s1. The molecule has 2 bridgehead atoms. The Morgan fingerprint density at radius 1 is 1.41 bits per heavy atom. The zero-order valence-corrected chi connectivity index (χ0v) is 10.6. The molecule has 2 aliphatic rings. The molecule has 0 radical (unpaired) electrons. The highest BCUT2D eigenvalue weighted by Gasteiger charge is 2.48. The summed E-state index contributed by atoms with van der Waals surface area (Å²) < 4.78 is 6.86. The predicted octanol–water partition coefficient (Wildman–Crippen LogP) is 2.64. The Kier molecular flexibility index (Phi) is 2.60. The molecule has 2 fully saturated rings. The Morgan fingerprint density at radius 2 is 2.12 bits per heavy atom. The minimum atomic E-state index is -0.845. The lowest BCUT2D eigenvalue weighted by molar-refractivity contribution is -0.0287. The summed E-state index contributed by atoms with van der Waals surface area (Å²) >= 11 is 3.38. The van der Waals surface area contributed by atoms with Gasteiger partial charge in [-0.2, -0.15) is 0 Å². The molecule has 3 rings (SSSR count). The largest absolute Gasteiger partial charge is 0.465 e. The van der Waals surface area contributed by atoms with Crippen molar-refractivity contribution < 1.29 is 14.6 Å². The lowest BCUT2D eigenvalue weighted by atomic mass is 10.0. The summed E-state index contributed by atoms with van der Waals surface area (Å²) in [6.45, 7) is 0.507. The Bertz CT molecular complexity index is 448. The fourth-order valence-corrected chi connectivity index (χ4v) is 2.95. The highest BCUT2D eigenvalue weighted by molar-refractivity contribution is 9.10. The molecule has 0 aromatic heterocycles. The van der Waals surface area contributed by atoms with Crippen LogP contribution in [0.3, 0.4) is 0 Å². The van der Waals surface area contributed by atoms with Crippen LogP contribution in [0.5, 0.6) is 0 Å². The number of amides is 1. The monoisotopic (exact) mass is 297 g/mol. The van der Waals surface area contributed by atoms with Crippen LogP contribution in [0.25, 0.3) is 0 Å². The summed E-state index contributed by atoms with van der Waals surface area (Å²) in [6, 6.07) is 7.84. The average Bonchev–Trinajstić information content (AvgIpc) is 2.89. The summed E-state index contributed by atoms with van der Waals surface area (Å²) in [5.41, 5.74) is 1.05. The van der Waals surface area contributed by atoms with Crippen molar-refractivity contribution in [1.82, 2.24) is 4.90 Å². The van der Waals surface area contributed by atoms with E-state index in [2.05, 4.69) is 15.9 Å². The van der Waals surface area contributed by atoms with E-state index >= 15 is 0 Å². The van der Waals surface area contributed by atoms with E-state index < -0.39 is 6.09 Å². The zero-order valence-electron chi connectivity index (χ0n) is 9.04. The molecule has 0 saturated carbocycles. The van der Waals surface area contributed by atoms with Crippen LogP contribution in [0.15, 0.2) is 28.7 Å². The molecule has 90 valence electrons. The van der Waals surface area contributed by atoms with Crippen molar-refractivity contribution in [2.45, 2.75) is 24.7 Å². The smallest absolute Gasteiger partial charge is 0.407 e. The van der Waals surface area contributed by atoms with Crippen molar-refractivity contribution >= 4 is 22.0 Å². The topological polar surface area (TPSA) is 49.8 Å². The summed E-state index contributed by atoms with van der Waals surface area (Å²) in [5, 5.41) is 9.11. The maximum atomic E-state index is 11.1. The first-order chi connectivity index (χ1) is 8.15. The molecule has 1 aromatic rings. The maximum absolute atomic E-state index is 11.1. The first-order valence-corrected chi connectivity index (χ1v) is 6.35. The highest BCUT2D eigenvalue weighted by Crippen LogP contribution is 2.42. The number of likely N-dealkylation sites (tertiary alicyclic amines) is 1. The van der Waals surface area contributed by atoms with Crippen molar-refractivity contribution in [3.05, 3.63) is 34.3 Å². The van der Waals surface area contributed by atoms with Gasteiger partial charge < -0.3 is 9.84 Å². The quantitative estimate of drug-likeness (QED) is 0.867. The highest BCUT2D eigenvalue weighted by atomic mass is 79.9. The van der Waals surface area contributed by atoms with Crippen molar-refractivity contribution in [2.75, 3.05) is 6.54 Å². The van der Waals surface area contributed by atoms with Crippen molar-refractivity contribution in [2.24, 2.45) is 0 Å². The van der Waals surface area contributed by atoms with Crippen LogP contribution >= 0.6 is 15.9 Å². The molecule has 0 aliphatic carbocycles. The maximum Gasteiger partial charge on any atom is 0.407 e. The molecule has 4 nitrogen and oxygen atoms in total. The van der Waals surface area contributed by atoms with E-state index in [1.54, 1.807) is 0 Å². The number of hydrogen-bond acceptors (Lipinski definition) is 2. The minimum Gasteiger partial charge on any atom is -0.465 e. The third-order valence-corrected chi connectivity index (χ3v) is 3.97. The van der Waals surface area contributed by atoms with E-state index in [-0.39, 0.29) is 18.2 Å². The Balaban J connectivity index is 1.86. The lowest BCUT2D eigenvalue weighted by Crippen LogP contribution is -2.42. The fourth-order valence-electron chi connectivity index (χ4n) is 2.68. The first-order valence-electron chi connectivity index (χ1n) is 5.55. The van der Waals surface area contributed by atoms with Crippen LogP contribution in [0.1, 0.15) is 18.1 Å². The number of benzene rings is 1. The van der Waals surface area contributed by atoms with Gasteiger partial charge in [0.1, 0.15) is 6.10 Å². The van der Waals surface area contributed by atoms with E-state index in [0.717, 1.165) is 16.5 Å². The van der Waals surface area contributed by atoms with Gasteiger partial charge in [0, 0.05) is 4.47 Å². The third-order valence-electron chi connectivity index (χ3n) is 3.44. The molecule has 0 spiro atoms. The van der Waals surface area contributed by atoms with Gasteiger partial charge in [0.2, 0.25) is 0 Å². The summed E-state index contributed by atoms with van der Waals surface area (Å²) in [7, 11) is 0. The number of hydrogen-bond donors (Lipinski definition) is 1. The number of halogens is 1. The predicted molar refractivity (Wildman–Crippen MR) is 64.9 cm³/mol. The minimum absolute atomic E-state index is 0.0290. The van der Waals surface area contributed by atoms with Gasteiger partial charge in [0.15, 0.2) is 0 Å². The number of morpholine rings is 1. The Labute approximate surface area is 107 Å². The summed E-state index contributed by atoms with van der Waals surface area (Å²) in [4.78, 5) is 12.6. The molecular formula is C12H12BrNO3. The van der Waals surface area contributed by atoms with E-state index in [1.807, 2.05) is 24.3 Å². The molecule has 5 heteroatoms. The van der Waals surface area contributed by atoms with Gasteiger partial charge in [-0.25, -0.2) is 4.79 Å². The second kappa shape index (κ2) is 3.99. The van der Waals surface area contributed by atoms with Crippen molar-refractivity contribution in [1.29, 1.82) is 0 Å². The van der Waals surface area contributed by atoms with Crippen LogP contribution in [0.2, 0.25) is 0 Å². The molecule has 2 saturated heterocycles. The van der Waals surface area contributed by atoms with Gasteiger partial charge in [0.25, 0.3) is 0 Å². The van der Waals surface area contributed by atoms with E-state index in [1.165, 1.54) is 4.90 Å². The van der Waals surface area contributed by atoms with Crippen LogP contribution < -0.4 is 0 Å². The van der Waals surface area contributed by atoms with Gasteiger partial charge in [-0.05, 0) is 24.1 Å². The van der Waals surface area contributed by atoms with Gasteiger partial charge >= 0.3 is 6.09 Å². The molecule has 1 N–H and O–H groups in total. The zero-order chi connectivity index (χ0) is 12.0. The molecule has 0 unspecified atom stereocenters. The molecule has 1 aromatic carbocycles. The van der Waals surface area contributed by atoms with Crippen LogP contribution in [0, 0.1) is 0 Å². The molecule has 17 heavy (non-hydrogen) atoms. The lowest BCUT2D eigenvalue weighted by Gasteiger charge is -2.31. The summed E-state index contributed by atoms with van der Waals surface area (Å²) in [6.07, 6.45) is -0.0851. The number of ether oxygens (including phenoxy) is 1. The van der Waals surface area contributed by atoms with Gasteiger partial charge in [-0.3, -0.25) is 4.90 Å². The van der Waals surface area contributed by atoms with Gasteiger partial charge in [0.05, 0.1) is 18.7 Å². The number of nitrogens with zero attached hydrogens (tertiary/aromatic N) is 1. The average molecular weight is 298 g/mol. The molecule has 2 aliphatic heterocycles. The number of carbonyl (C=O) groups is 1. The van der Waals surface area contributed by atoms with E-state index in [9.17, 15) is 4.79 Å². The Hall–Kier alpha value is -1.07. The second-order valence-electron chi connectivity index (χ2n) is 4.47. The van der Waals surface area contributed by atoms with Crippen LogP contribution in [-0.2, 0) is 4.74 Å². The van der Waals surface area contributed by atoms with Crippen LogP contribution in [0.4, 0.5) is 4.79 Å². The molecular weight excluding hydrogens is 286 g/mol. The normalized spacial score (nSPS) is 30.9. The Morgan fingerprint density at radius 3 is 2.71 bits per heavy atom. The van der Waals surface area contributed by atoms with Crippen LogP contribution in [-0.4, -0.2) is 34.8 Å². The molecule has 3 atom stereocenters. The third kappa shape index (κ3) is 1.83. The van der Waals surface area contributed by atoms with Crippen molar-refractivity contribution in [3.8, 4) is 0 Å². The molecule has 1 amide bonds. The van der Waals surface area contributed by atoms with Crippen molar-refractivity contribution in [3.63, 3.8) is 0 Å². The number of carboxylic acid groups (broad SMARTS) is 1. The number of rotatable bonds is 1. The summed E-state index contributed by atoms with van der Waals surface area (Å²) in [5.74, 6) is 0. The van der Waals surface area contributed by atoms with Gasteiger partial charge in [-0.1, -0.05) is 28.1 Å². The second-order valence-corrected chi connectivity index (χ2v) is 5.38.